The van der Waals surface area contributed by atoms with Crippen LogP contribution in [0.25, 0.3) is 11.7 Å². The summed E-state index contributed by atoms with van der Waals surface area (Å²) in [6, 6.07) is 4.30. The van der Waals surface area contributed by atoms with Gasteiger partial charge in [-0.25, -0.2) is 9.79 Å². The third-order valence-electron chi connectivity index (χ3n) is 4.26. The lowest BCUT2D eigenvalue weighted by molar-refractivity contribution is 0.454. The van der Waals surface area contributed by atoms with Gasteiger partial charge >= 0.3 is 5.69 Å². The number of rotatable bonds is 5. The molecular formula is C17H16N8O2S. The molecule has 4 N–H and O–H groups in total. The highest BCUT2D eigenvalue weighted by atomic mass is 32.1. The van der Waals surface area contributed by atoms with Gasteiger partial charge in [0.2, 0.25) is 11.8 Å². The van der Waals surface area contributed by atoms with Crippen molar-refractivity contribution < 1.29 is 5.11 Å². The molecule has 11 heteroatoms. The lowest BCUT2D eigenvalue weighted by Crippen LogP contribution is -2.24. The van der Waals surface area contributed by atoms with Gasteiger partial charge in [-0.1, -0.05) is 6.07 Å². The number of H-pyrrole nitrogens is 2. The van der Waals surface area contributed by atoms with Crippen LogP contribution in [-0.4, -0.2) is 40.7 Å². The maximum absolute atomic E-state index is 11.4. The minimum atomic E-state index is -0.488. The number of aromatic amines is 2. The second-order valence-electron chi connectivity index (χ2n) is 6.46. The van der Waals surface area contributed by atoms with Crippen LogP contribution in [0.4, 0.5) is 5.95 Å². The molecule has 4 heterocycles. The summed E-state index contributed by atoms with van der Waals surface area (Å²) in [6.45, 7) is 0.607. The van der Waals surface area contributed by atoms with Gasteiger partial charge in [-0.3, -0.25) is 4.98 Å². The molecule has 0 aromatic carbocycles. The normalized spacial score (nSPS) is 15.6. The summed E-state index contributed by atoms with van der Waals surface area (Å²) >= 11 is 1.65. The first-order chi connectivity index (χ1) is 13.7. The number of aromatic hydroxyl groups is 1. The summed E-state index contributed by atoms with van der Waals surface area (Å²) in [6.07, 6.45) is 5.29. The van der Waals surface area contributed by atoms with E-state index >= 15 is 0 Å². The zero-order valence-corrected chi connectivity index (χ0v) is 15.4. The van der Waals surface area contributed by atoms with Gasteiger partial charge < -0.3 is 15.4 Å². The van der Waals surface area contributed by atoms with Gasteiger partial charge in [0.1, 0.15) is 5.69 Å². The van der Waals surface area contributed by atoms with E-state index in [0.29, 0.717) is 29.0 Å². The van der Waals surface area contributed by atoms with Crippen molar-refractivity contribution in [3.05, 3.63) is 55.6 Å². The van der Waals surface area contributed by atoms with Crippen LogP contribution in [0.5, 0.6) is 5.88 Å². The van der Waals surface area contributed by atoms with E-state index in [4.69, 9.17) is 0 Å². The lowest BCUT2D eigenvalue weighted by atomic mass is 10.3. The van der Waals surface area contributed by atoms with E-state index in [9.17, 15) is 9.90 Å². The third kappa shape index (κ3) is 3.27. The number of nitrogens with one attached hydrogen (secondary N) is 3. The molecule has 4 aromatic rings. The van der Waals surface area contributed by atoms with Crippen LogP contribution in [0, 0.1) is 0 Å². The highest BCUT2D eigenvalue weighted by Gasteiger charge is 2.21. The van der Waals surface area contributed by atoms with Crippen molar-refractivity contribution in [3.63, 3.8) is 0 Å². The van der Waals surface area contributed by atoms with Gasteiger partial charge in [-0.05, 0) is 30.4 Å². The minimum Gasteiger partial charge on any atom is -0.493 e. The first-order valence-electron chi connectivity index (χ1n) is 8.74. The summed E-state index contributed by atoms with van der Waals surface area (Å²) in [5, 5.41) is 20.0. The number of imidazole rings is 1. The largest absolute Gasteiger partial charge is 0.493 e. The van der Waals surface area contributed by atoms with Gasteiger partial charge in [-0.15, -0.1) is 11.3 Å². The Hall–Kier alpha value is -3.47. The lowest BCUT2D eigenvalue weighted by Gasteiger charge is -2.03. The zero-order chi connectivity index (χ0) is 19.1. The molecule has 1 saturated carbocycles. The van der Waals surface area contributed by atoms with Crippen molar-refractivity contribution in [2.45, 2.75) is 25.4 Å². The Morgan fingerprint density at radius 1 is 1.39 bits per heavy atom. The van der Waals surface area contributed by atoms with E-state index in [0.717, 1.165) is 12.8 Å². The van der Waals surface area contributed by atoms with Crippen LogP contribution in [0.1, 0.15) is 23.4 Å². The second kappa shape index (κ2) is 6.60. The Morgan fingerprint density at radius 2 is 2.29 bits per heavy atom. The van der Waals surface area contributed by atoms with Crippen LogP contribution in [-0.2, 0) is 6.54 Å². The summed E-state index contributed by atoms with van der Waals surface area (Å²) in [5.74, 6) is 0.208. The summed E-state index contributed by atoms with van der Waals surface area (Å²) in [5.41, 5.74) is 0.780. The Balaban J connectivity index is 1.63. The van der Waals surface area contributed by atoms with Crippen molar-refractivity contribution in [2.75, 3.05) is 5.32 Å². The molecule has 1 fully saturated rings. The van der Waals surface area contributed by atoms with Crippen molar-refractivity contribution in [3.8, 4) is 5.88 Å². The number of anilines is 1. The molecule has 1 aliphatic rings. The van der Waals surface area contributed by atoms with Gasteiger partial charge in [-0.2, -0.15) is 19.6 Å². The van der Waals surface area contributed by atoms with Gasteiger partial charge in [0, 0.05) is 10.1 Å². The molecule has 0 spiro atoms. The molecule has 0 aliphatic heterocycles. The topological polar surface area (TPSA) is 136 Å². The standard InChI is InChI=1S/C17H16N8O2S/c26-14-12(21-17(27)23-14)6-9-7-19-25-13(9)22-15(18-8-11-2-1-5-28-11)24-16(25)20-10-3-4-10/h1-2,5-7,10,26H,3-4,8H2,(H,18,20,24)(H2,21,23,27). The highest BCUT2D eigenvalue weighted by Crippen LogP contribution is 2.22. The summed E-state index contributed by atoms with van der Waals surface area (Å²) in [7, 11) is 0. The molecule has 10 nitrogen and oxygen atoms in total. The fourth-order valence-electron chi connectivity index (χ4n) is 2.74. The van der Waals surface area contributed by atoms with E-state index < -0.39 is 5.69 Å². The predicted octanol–water partition coefficient (Wildman–Crippen LogP) is 0.131. The molecule has 0 amide bonds. The Kier molecular flexibility index (Phi) is 3.93. The average molecular weight is 396 g/mol. The number of nitrogens with zero attached hydrogens (tertiary/aromatic N) is 5. The van der Waals surface area contributed by atoms with Crippen molar-refractivity contribution in [1.29, 1.82) is 0 Å². The molecule has 5 rings (SSSR count). The van der Waals surface area contributed by atoms with Gasteiger partial charge in [0.05, 0.1) is 18.8 Å². The van der Waals surface area contributed by atoms with E-state index in [1.807, 2.05) is 17.5 Å². The molecule has 0 atom stereocenters. The quantitative estimate of drug-likeness (QED) is 0.379. The number of fused-ring (bicyclic) bond motifs is 1. The van der Waals surface area contributed by atoms with Crippen molar-refractivity contribution >= 4 is 29.0 Å². The SMILES string of the molecule is O=c1[nH]c(O)c(C=c2cnn3c(=NC4CC4)nc(NCc4cccs4)nc23)[nH]1. The second-order valence-corrected chi connectivity index (χ2v) is 7.49. The maximum atomic E-state index is 11.4. The molecule has 1 aliphatic carbocycles. The van der Waals surface area contributed by atoms with Crippen LogP contribution in [0.2, 0.25) is 0 Å². The molecule has 0 saturated heterocycles. The Bertz CT molecular complexity index is 1310. The maximum Gasteiger partial charge on any atom is 0.326 e. The molecule has 28 heavy (non-hydrogen) atoms. The molecule has 0 unspecified atom stereocenters. The van der Waals surface area contributed by atoms with Crippen LogP contribution in [0.3, 0.4) is 0 Å². The van der Waals surface area contributed by atoms with Crippen LogP contribution in [0.15, 0.2) is 33.5 Å². The first kappa shape index (κ1) is 16.7. The monoisotopic (exact) mass is 396 g/mol. The molecular weight excluding hydrogens is 380 g/mol. The summed E-state index contributed by atoms with van der Waals surface area (Å²) < 4.78 is 1.57. The number of hydrogen-bond acceptors (Lipinski definition) is 8. The smallest absolute Gasteiger partial charge is 0.326 e. The van der Waals surface area contributed by atoms with E-state index in [1.54, 1.807) is 28.1 Å². The number of thiophene rings is 1. The Labute approximate surface area is 161 Å². The van der Waals surface area contributed by atoms with E-state index in [-0.39, 0.29) is 17.6 Å². The third-order valence-corrected chi connectivity index (χ3v) is 5.14. The summed E-state index contributed by atoms with van der Waals surface area (Å²) in [4.78, 5) is 31.1. The molecule has 4 aromatic heterocycles. The number of aromatic nitrogens is 6. The molecule has 142 valence electrons. The average Bonchev–Trinajstić information content (AvgIpc) is 3.05. The van der Waals surface area contributed by atoms with Crippen molar-refractivity contribution in [2.24, 2.45) is 4.99 Å². The fourth-order valence-corrected chi connectivity index (χ4v) is 3.38. The number of hydrogen-bond donors (Lipinski definition) is 4. The highest BCUT2D eigenvalue weighted by molar-refractivity contribution is 7.09. The molecule has 0 bridgehead atoms. The van der Waals surface area contributed by atoms with E-state index in [2.05, 4.69) is 35.3 Å². The minimum absolute atomic E-state index is 0.239. The van der Waals surface area contributed by atoms with Crippen LogP contribution < -0.4 is 21.8 Å². The van der Waals surface area contributed by atoms with Gasteiger partial charge in [0.25, 0.3) is 5.62 Å². The van der Waals surface area contributed by atoms with E-state index in [1.165, 1.54) is 4.88 Å². The molecule has 0 radical (unpaired) electrons. The van der Waals surface area contributed by atoms with Gasteiger partial charge in [0.15, 0.2) is 5.65 Å². The Morgan fingerprint density at radius 3 is 3.00 bits per heavy atom. The zero-order valence-electron chi connectivity index (χ0n) is 14.6. The predicted molar refractivity (Wildman–Crippen MR) is 103 cm³/mol. The van der Waals surface area contributed by atoms with Crippen molar-refractivity contribution in [1.82, 2.24) is 29.5 Å². The fraction of sp³-hybridized carbons (Fsp3) is 0.235. The van der Waals surface area contributed by atoms with Crippen LogP contribution >= 0.6 is 11.3 Å². The first-order valence-corrected chi connectivity index (χ1v) is 9.62.